The number of nitrogens with two attached hydrogens (primary N) is 1. The first-order chi connectivity index (χ1) is 15.4. The average Bonchev–Trinajstić information content (AvgIpc) is 2.76. The Hall–Kier alpha value is -2.92. The Bertz CT molecular complexity index is 877. The Kier molecular flexibility index (Phi) is 9.42. The summed E-state index contributed by atoms with van der Waals surface area (Å²) in [5, 5.41) is 2.79. The molecule has 1 aliphatic heterocycles. The Morgan fingerprint density at radius 1 is 1.15 bits per heavy atom. The number of hydrogen-bond donors (Lipinski definition) is 2. The number of aromatic nitrogens is 2. The van der Waals surface area contributed by atoms with Crippen LogP contribution in [0.25, 0.3) is 0 Å². The van der Waals surface area contributed by atoms with E-state index in [0.717, 1.165) is 0 Å². The summed E-state index contributed by atoms with van der Waals surface area (Å²) in [7, 11) is 0. The molecule has 3 N–H and O–H groups in total. The second-order valence-corrected chi connectivity index (χ2v) is 8.42. The van der Waals surface area contributed by atoms with Crippen LogP contribution in [0.5, 0.6) is 5.88 Å². The maximum Gasteiger partial charge on any atom is 0.422 e. The highest BCUT2D eigenvalue weighted by atomic mass is 19.4. The smallest absolute Gasteiger partial charge is 0.422 e. The van der Waals surface area contributed by atoms with Crippen molar-refractivity contribution in [3.8, 4) is 5.88 Å². The van der Waals surface area contributed by atoms with Gasteiger partial charge in [-0.3, -0.25) is 9.78 Å². The van der Waals surface area contributed by atoms with Gasteiger partial charge in [-0.25, -0.2) is 0 Å². The normalized spacial score (nSPS) is 14.2. The molecule has 1 saturated heterocycles. The molecule has 1 aliphatic rings. The molecule has 0 unspecified atom stereocenters. The van der Waals surface area contributed by atoms with Crippen LogP contribution >= 0.6 is 0 Å². The number of ether oxygens (including phenoxy) is 2. The lowest BCUT2D eigenvalue weighted by Crippen LogP contribution is -2.38. The van der Waals surface area contributed by atoms with E-state index in [-0.39, 0.29) is 23.9 Å². The first-order valence-electron chi connectivity index (χ1n) is 10.4. The molecular formula is C22H30F3N5O3. The molecule has 182 valence electrons. The van der Waals surface area contributed by atoms with Crippen LogP contribution in [-0.2, 0) is 11.3 Å². The zero-order valence-corrected chi connectivity index (χ0v) is 19.0. The zero-order valence-electron chi connectivity index (χ0n) is 19.0. The van der Waals surface area contributed by atoms with E-state index < -0.39 is 12.8 Å². The summed E-state index contributed by atoms with van der Waals surface area (Å²) >= 11 is 0. The molecule has 0 bridgehead atoms. The number of anilines is 1. The largest absolute Gasteiger partial charge is 0.468 e. The van der Waals surface area contributed by atoms with Gasteiger partial charge in [0.1, 0.15) is 5.82 Å². The van der Waals surface area contributed by atoms with Crippen molar-refractivity contribution in [2.24, 2.45) is 5.73 Å². The van der Waals surface area contributed by atoms with Gasteiger partial charge < -0.3 is 25.4 Å². The van der Waals surface area contributed by atoms with E-state index in [2.05, 4.69) is 15.3 Å². The van der Waals surface area contributed by atoms with E-state index in [0.29, 0.717) is 43.2 Å². The molecular weight excluding hydrogens is 439 g/mol. The van der Waals surface area contributed by atoms with Gasteiger partial charge in [0.2, 0.25) is 5.88 Å². The number of morpholine rings is 1. The number of carbonyl (C=O) groups is 1. The van der Waals surface area contributed by atoms with E-state index in [1.165, 1.54) is 18.5 Å². The summed E-state index contributed by atoms with van der Waals surface area (Å²) in [4.78, 5) is 22.2. The lowest BCUT2D eigenvalue weighted by Gasteiger charge is -2.29. The molecule has 0 aliphatic carbocycles. The molecule has 3 rings (SSSR count). The fourth-order valence-corrected chi connectivity index (χ4v) is 2.66. The number of halogens is 3. The number of hydrogen-bond acceptors (Lipinski definition) is 7. The number of carbonyl (C=O) groups excluding carboxylic acids is 1. The number of pyridine rings is 2. The lowest BCUT2D eigenvalue weighted by atomic mass is 10.1. The van der Waals surface area contributed by atoms with Crippen LogP contribution in [0.4, 0.5) is 19.0 Å². The van der Waals surface area contributed by atoms with Crippen LogP contribution in [-0.4, -0.2) is 60.5 Å². The summed E-state index contributed by atoms with van der Waals surface area (Å²) in [5.74, 6) is 0.0637. The molecule has 1 amide bonds. The van der Waals surface area contributed by atoms with Crippen LogP contribution in [0.2, 0.25) is 0 Å². The lowest BCUT2D eigenvalue weighted by molar-refractivity contribution is -0.154. The summed E-state index contributed by atoms with van der Waals surface area (Å²) in [6, 6.07) is 6.15. The predicted molar refractivity (Wildman–Crippen MR) is 118 cm³/mol. The van der Waals surface area contributed by atoms with Crippen molar-refractivity contribution in [3.05, 3.63) is 47.8 Å². The van der Waals surface area contributed by atoms with Gasteiger partial charge >= 0.3 is 6.18 Å². The van der Waals surface area contributed by atoms with Crippen LogP contribution in [0.1, 0.15) is 36.7 Å². The quantitative estimate of drug-likeness (QED) is 0.671. The Morgan fingerprint density at radius 2 is 1.76 bits per heavy atom. The molecule has 3 heterocycles. The first kappa shape index (κ1) is 26.3. The van der Waals surface area contributed by atoms with Crippen LogP contribution in [0.15, 0.2) is 36.7 Å². The minimum absolute atomic E-state index is 0. The first-order valence-corrected chi connectivity index (χ1v) is 10.4. The molecule has 0 spiro atoms. The summed E-state index contributed by atoms with van der Waals surface area (Å²) in [6.07, 6.45) is -1.41. The molecule has 0 atom stereocenters. The number of rotatable bonds is 6. The fraction of sp³-hybridized carbons (Fsp3) is 0.500. The number of alkyl halides is 3. The van der Waals surface area contributed by atoms with Gasteiger partial charge in [-0.15, -0.1) is 0 Å². The minimum atomic E-state index is -4.45. The topological polar surface area (TPSA) is 103 Å². The second-order valence-electron chi connectivity index (χ2n) is 8.42. The molecule has 8 nitrogen and oxygen atoms in total. The second kappa shape index (κ2) is 11.8. The Labute approximate surface area is 191 Å². The van der Waals surface area contributed by atoms with Crippen LogP contribution in [0.3, 0.4) is 0 Å². The van der Waals surface area contributed by atoms with Crippen LogP contribution < -0.4 is 20.7 Å². The maximum atomic E-state index is 12.4. The van der Waals surface area contributed by atoms with Crippen molar-refractivity contribution in [2.45, 2.75) is 39.0 Å². The van der Waals surface area contributed by atoms with Gasteiger partial charge in [0, 0.05) is 54.8 Å². The SMILES string of the molecule is CC(C)(C)N.O=C(NCc1ccc(OCC(F)(F)F)nc1N1CCOCC1)c1ccncc1. The highest BCUT2D eigenvalue weighted by Gasteiger charge is 2.29. The van der Waals surface area contributed by atoms with Gasteiger partial charge in [0.25, 0.3) is 5.91 Å². The molecule has 0 radical (unpaired) electrons. The van der Waals surface area contributed by atoms with E-state index >= 15 is 0 Å². The number of nitrogens with zero attached hydrogens (tertiary/aromatic N) is 3. The molecule has 0 aromatic carbocycles. The number of nitrogens with one attached hydrogen (secondary N) is 1. The van der Waals surface area contributed by atoms with Gasteiger partial charge in [0.15, 0.2) is 6.61 Å². The molecule has 33 heavy (non-hydrogen) atoms. The van der Waals surface area contributed by atoms with Crippen molar-refractivity contribution < 1.29 is 27.4 Å². The average molecular weight is 470 g/mol. The summed E-state index contributed by atoms with van der Waals surface area (Å²) in [6.45, 7) is 6.70. The zero-order chi connectivity index (χ0) is 24.5. The Balaban J connectivity index is 0.000000696. The van der Waals surface area contributed by atoms with Crippen molar-refractivity contribution in [1.82, 2.24) is 15.3 Å². The summed E-state index contributed by atoms with van der Waals surface area (Å²) < 4.78 is 47.3. The van der Waals surface area contributed by atoms with E-state index in [4.69, 9.17) is 15.2 Å². The van der Waals surface area contributed by atoms with Crippen molar-refractivity contribution in [3.63, 3.8) is 0 Å². The van der Waals surface area contributed by atoms with Gasteiger partial charge in [0.05, 0.1) is 13.2 Å². The third kappa shape index (κ3) is 10.5. The van der Waals surface area contributed by atoms with Crippen molar-refractivity contribution >= 4 is 11.7 Å². The predicted octanol–water partition coefficient (Wildman–Crippen LogP) is 2.93. The highest BCUT2D eigenvalue weighted by molar-refractivity contribution is 5.93. The number of amides is 1. The van der Waals surface area contributed by atoms with E-state index in [1.54, 1.807) is 18.2 Å². The molecule has 2 aromatic heterocycles. The van der Waals surface area contributed by atoms with E-state index in [9.17, 15) is 18.0 Å². The minimum Gasteiger partial charge on any atom is -0.468 e. The van der Waals surface area contributed by atoms with Gasteiger partial charge in [-0.1, -0.05) is 0 Å². The maximum absolute atomic E-state index is 12.4. The van der Waals surface area contributed by atoms with Crippen molar-refractivity contribution in [1.29, 1.82) is 0 Å². The fourth-order valence-electron chi connectivity index (χ4n) is 2.66. The standard InChI is InChI=1S/C18H19F3N4O3.C4H11N/c19-18(20,21)12-28-15-2-1-14(16(24-15)25-7-9-27-10-8-25)11-23-17(26)13-3-5-22-6-4-13;1-4(2,3)5/h1-6H,7-12H2,(H,23,26);5H2,1-3H3. The molecule has 11 heteroatoms. The third-order valence-electron chi connectivity index (χ3n) is 4.01. The molecule has 1 fully saturated rings. The molecule has 2 aromatic rings. The molecule has 0 saturated carbocycles. The van der Waals surface area contributed by atoms with Crippen molar-refractivity contribution in [2.75, 3.05) is 37.8 Å². The van der Waals surface area contributed by atoms with Gasteiger partial charge in [-0.05, 0) is 39.0 Å². The monoisotopic (exact) mass is 469 g/mol. The Morgan fingerprint density at radius 3 is 2.33 bits per heavy atom. The van der Waals surface area contributed by atoms with Crippen LogP contribution in [0, 0.1) is 0 Å². The van der Waals surface area contributed by atoms with E-state index in [1.807, 2.05) is 25.7 Å². The third-order valence-corrected chi connectivity index (χ3v) is 4.01. The summed E-state index contributed by atoms with van der Waals surface area (Å²) in [5.41, 5.74) is 6.48. The van der Waals surface area contributed by atoms with Gasteiger partial charge in [-0.2, -0.15) is 18.2 Å². The highest BCUT2D eigenvalue weighted by Crippen LogP contribution is 2.24.